The Morgan fingerprint density at radius 1 is 0.923 bits per heavy atom. The van der Waals surface area contributed by atoms with E-state index in [4.69, 9.17) is 14.5 Å². The molecule has 3 aromatic rings. The molecule has 0 amide bonds. The van der Waals surface area contributed by atoms with Gasteiger partial charge >= 0.3 is 12.0 Å². The van der Waals surface area contributed by atoms with Gasteiger partial charge in [0.25, 0.3) is 0 Å². The number of aromatic nitrogens is 5. The van der Waals surface area contributed by atoms with E-state index in [9.17, 15) is 0 Å². The van der Waals surface area contributed by atoms with Crippen LogP contribution in [0.2, 0.25) is 0 Å². The van der Waals surface area contributed by atoms with Crippen LogP contribution >= 0.6 is 0 Å². The van der Waals surface area contributed by atoms with Gasteiger partial charge in [-0.3, -0.25) is 0 Å². The number of imidazole rings is 1. The predicted molar refractivity (Wildman–Crippen MR) is 95.9 cm³/mol. The molecule has 1 aromatic carbocycles. The molecule has 0 bridgehead atoms. The molecule has 8 nitrogen and oxygen atoms in total. The first kappa shape index (κ1) is 15.4. The molecule has 134 valence electrons. The van der Waals surface area contributed by atoms with Crippen molar-refractivity contribution in [1.29, 1.82) is 0 Å². The van der Waals surface area contributed by atoms with Crippen LogP contribution in [0.1, 0.15) is 30.6 Å². The van der Waals surface area contributed by atoms with Crippen LogP contribution in [0.4, 0.5) is 5.95 Å². The highest BCUT2D eigenvalue weighted by Crippen LogP contribution is 2.43. The number of ether oxygens (including phenoxy) is 2. The number of hydrogen-bond donors (Lipinski definition) is 0. The standard InChI is InChI=1S/C18H20N6O2/c1-25-17-20-16(21-18(22-17)26-2)23-9-12(10-23)24-14-6-4-3-5-13(14)19-15(24)11-7-8-11/h3-6,11-12H,7-10H2,1-2H3. The summed E-state index contributed by atoms with van der Waals surface area (Å²) >= 11 is 0. The molecule has 5 rings (SSSR count). The number of nitrogens with zero attached hydrogens (tertiary/aromatic N) is 6. The molecule has 1 aliphatic carbocycles. The molecule has 1 saturated carbocycles. The molecular weight excluding hydrogens is 332 g/mol. The van der Waals surface area contributed by atoms with Gasteiger partial charge in [-0.25, -0.2) is 4.98 Å². The lowest BCUT2D eigenvalue weighted by Crippen LogP contribution is -2.49. The van der Waals surface area contributed by atoms with Crippen molar-refractivity contribution in [3.05, 3.63) is 30.1 Å². The third-order valence-electron chi connectivity index (χ3n) is 5.02. The van der Waals surface area contributed by atoms with Crippen LogP contribution in [-0.2, 0) is 0 Å². The van der Waals surface area contributed by atoms with Gasteiger partial charge in [0.2, 0.25) is 5.95 Å². The highest BCUT2D eigenvalue weighted by molar-refractivity contribution is 5.76. The quantitative estimate of drug-likeness (QED) is 0.696. The highest BCUT2D eigenvalue weighted by atomic mass is 16.5. The summed E-state index contributed by atoms with van der Waals surface area (Å²) in [5, 5.41) is 0. The minimum absolute atomic E-state index is 0.266. The van der Waals surface area contributed by atoms with Crippen molar-refractivity contribution in [2.24, 2.45) is 0 Å². The summed E-state index contributed by atoms with van der Waals surface area (Å²) in [6.07, 6.45) is 2.48. The molecular formula is C18H20N6O2. The molecule has 2 aliphatic rings. The molecule has 0 unspecified atom stereocenters. The first-order chi connectivity index (χ1) is 12.8. The zero-order valence-electron chi connectivity index (χ0n) is 14.8. The summed E-state index contributed by atoms with van der Waals surface area (Å²) in [6, 6.07) is 9.28. The Hall–Kier alpha value is -2.90. The van der Waals surface area contributed by atoms with Gasteiger partial charge in [0.15, 0.2) is 0 Å². The maximum Gasteiger partial charge on any atom is 0.324 e. The monoisotopic (exact) mass is 352 g/mol. The number of fused-ring (bicyclic) bond motifs is 1. The van der Waals surface area contributed by atoms with Gasteiger partial charge < -0.3 is 18.9 Å². The van der Waals surface area contributed by atoms with Gasteiger partial charge in [0.05, 0.1) is 31.3 Å². The van der Waals surface area contributed by atoms with Gasteiger partial charge in [-0.15, -0.1) is 4.98 Å². The molecule has 0 atom stereocenters. The zero-order chi connectivity index (χ0) is 17.7. The number of methoxy groups -OCH3 is 2. The summed E-state index contributed by atoms with van der Waals surface area (Å²) < 4.78 is 12.7. The third kappa shape index (κ3) is 2.44. The van der Waals surface area contributed by atoms with Crippen molar-refractivity contribution in [3.63, 3.8) is 0 Å². The Balaban J connectivity index is 1.44. The lowest BCUT2D eigenvalue weighted by atomic mass is 10.1. The Morgan fingerprint density at radius 3 is 2.27 bits per heavy atom. The van der Waals surface area contributed by atoms with E-state index in [1.165, 1.54) is 38.4 Å². The lowest BCUT2D eigenvalue weighted by Gasteiger charge is -2.40. The SMILES string of the molecule is COc1nc(OC)nc(N2CC(n3c(C4CC4)nc4ccccc43)C2)n1. The van der Waals surface area contributed by atoms with Crippen molar-refractivity contribution >= 4 is 17.0 Å². The predicted octanol–water partition coefficient (Wildman–Crippen LogP) is 2.18. The van der Waals surface area contributed by atoms with E-state index in [-0.39, 0.29) is 12.0 Å². The number of anilines is 1. The van der Waals surface area contributed by atoms with Crippen LogP contribution in [0.5, 0.6) is 12.0 Å². The fourth-order valence-corrected chi connectivity index (χ4v) is 3.51. The van der Waals surface area contributed by atoms with Crippen LogP contribution < -0.4 is 14.4 Å². The van der Waals surface area contributed by atoms with E-state index < -0.39 is 0 Å². The van der Waals surface area contributed by atoms with Gasteiger partial charge in [-0.1, -0.05) is 12.1 Å². The van der Waals surface area contributed by atoms with Crippen LogP contribution in [0.25, 0.3) is 11.0 Å². The molecule has 3 heterocycles. The van der Waals surface area contributed by atoms with Crippen LogP contribution in [0.3, 0.4) is 0 Å². The molecule has 8 heteroatoms. The van der Waals surface area contributed by atoms with E-state index in [1.807, 2.05) is 6.07 Å². The second kappa shape index (κ2) is 5.82. The van der Waals surface area contributed by atoms with E-state index >= 15 is 0 Å². The van der Waals surface area contributed by atoms with Gasteiger partial charge in [-0.05, 0) is 25.0 Å². The Bertz CT molecular complexity index is 939. The van der Waals surface area contributed by atoms with Gasteiger partial charge in [0, 0.05) is 19.0 Å². The lowest BCUT2D eigenvalue weighted by molar-refractivity contribution is 0.333. The highest BCUT2D eigenvalue weighted by Gasteiger charge is 2.37. The topological polar surface area (TPSA) is 78.2 Å². The Morgan fingerprint density at radius 2 is 1.62 bits per heavy atom. The van der Waals surface area contributed by atoms with Crippen molar-refractivity contribution in [2.75, 3.05) is 32.2 Å². The molecule has 0 spiro atoms. The first-order valence-electron chi connectivity index (χ1n) is 8.82. The van der Waals surface area contributed by atoms with E-state index in [0.29, 0.717) is 17.9 Å². The van der Waals surface area contributed by atoms with Crippen molar-refractivity contribution in [1.82, 2.24) is 24.5 Å². The summed E-state index contributed by atoms with van der Waals surface area (Å²) in [5.41, 5.74) is 2.29. The molecule has 2 fully saturated rings. The number of benzene rings is 1. The number of para-hydroxylation sites is 2. The minimum atomic E-state index is 0.266. The molecule has 0 N–H and O–H groups in total. The van der Waals surface area contributed by atoms with Gasteiger partial charge in [-0.2, -0.15) is 9.97 Å². The average molecular weight is 352 g/mol. The minimum Gasteiger partial charge on any atom is -0.467 e. The van der Waals surface area contributed by atoms with Crippen molar-refractivity contribution in [2.45, 2.75) is 24.8 Å². The summed E-state index contributed by atoms with van der Waals surface area (Å²) in [4.78, 5) is 19.8. The smallest absolute Gasteiger partial charge is 0.324 e. The van der Waals surface area contributed by atoms with Crippen LogP contribution in [0, 0.1) is 0 Å². The molecule has 26 heavy (non-hydrogen) atoms. The van der Waals surface area contributed by atoms with E-state index in [0.717, 1.165) is 18.6 Å². The Labute approximate surface area is 150 Å². The Kier molecular flexibility index (Phi) is 3.44. The first-order valence-corrected chi connectivity index (χ1v) is 8.82. The van der Waals surface area contributed by atoms with Crippen molar-refractivity contribution < 1.29 is 9.47 Å². The fraction of sp³-hybridized carbons (Fsp3) is 0.444. The maximum atomic E-state index is 5.15. The third-order valence-corrected chi connectivity index (χ3v) is 5.02. The normalized spacial score (nSPS) is 17.4. The van der Waals surface area contributed by atoms with E-state index in [1.54, 1.807) is 0 Å². The van der Waals surface area contributed by atoms with Crippen LogP contribution in [0.15, 0.2) is 24.3 Å². The average Bonchev–Trinajstić information content (AvgIpc) is 3.42. The molecule has 1 aliphatic heterocycles. The summed E-state index contributed by atoms with van der Waals surface area (Å²) in [6.45, 7) is 1.66. The zero-order valence-corrected chi connectivity index (χ0v) is 14.8. The van der Waals surface area contributed by atoms with Gasteiger partial charge in [0.1, 0.15) is 5.82 Å². The van der Waals surface area contributed by atoms with Crippen LogP contribution in [-0.4, -0.2) is 51.8 Å². The molecule has 2 aromatic heterocycles. The summed E-state index contributed by atoms with van der Waals surface area (Å²) in [5.74, 6) is 2.41. The van der Waals surface area contributed by atoms with E-state index in [2.05, 4.69) is 42.6 Å². The van der Waals surface area contributed by atoms with Crippen molar-refractivity contribution in [3.8, 4) is 12.0 Å². The molecule has 0 radical (unpaired) electrons. The number of rotatable bonds is 5. The maximum absolute atomic E-state index is 5.15. The molecule has 1 saturated heterocycles. The second-order valence-corrected chi connectivity index (χ2v) is 6.77. The number of hydrogen-bond acceptors (Lipinski definition) is 7. The largest absolute Gasteiger partial charge is 0.467 e. The summed E-state index contributed by atoms with van der Waals surface area (Å²) in [7, 11) is 3.08. The fourth-order valence-electron chi connectivity index (χ4n) is 3.51. The second-order valence-electron chi connectivity index (χ2n) is 6.77.